The quantitative estimate of drug-likeness (QED) is 0.903. The van der Waals surface area contributed by atoms with Gasteiger partial charge in [0.1, 0.15) is 5.82 Å². The average molecular weight is 335 g/mol. The van der Waals surface area contributed by atoms with Crippen LogP contribution in [0.25, 0.3) is 0 Å². The minimum absolute atomic E-state index is 0.0721. The zero-order valence-corrected chi connectivity index (χ0v) is 12.1. The summed E-state index contributed by atoms with van der Waals surface area (Å²) < 4.78 is 0.887. The van der Waals surface area contributed by atoms with Crippen LogP contribution in [0.5, 0.6) is 0 Å². The molecule has 1 heterocycles. The van der Waals surface area contributed by atoms with Gasteiger partial charge in [-0.1, -0.05) is 15.9 Å². The molecule has 0 saturated heterocycles. The van der Waals surface area contributed by atoms with Crippen molar-refractivity contribution in [3.63, 3.8) is 0 Å². The highest BCUT2D eigenvalue weighted by Gasteiger charge is 2.11. The van der Waals surface area contributed by atoms with E-state index in [-0.39, 0.29) is 17.3 Å². The molecule has 2 aromatic rings. The standard InChI is InChI=1S/C14H11BrN2O3/c1-8-6-10(15)2-3-11(8)13(18)17-12-7-9(14(19)20)4-5-16-12/h2-7H,1H3,(H,19,20)(H,16,17,18). The van der Waals surface area contributed by atoms with Crippen LogP contribution in [0.1, 0.15) is 26.3 Å². The Bertz CT molecular complexity index is 686. The molecule has 0 radical (unpaired) electrons. The summed E-state index contributed by atoms with van der Waals surface area (Å²) in [5.74, 6) is -1.19. The van der Waals surface area contributed by atoms with Gasteiger partial charge >= 0.3 is 5.97 Å². The number of aromatic carboxylic acids is 1. The van der Waals surface area contributed by atoms with Gasteiger partial charge in [0.15, 0.2) is 0 Å². The van der Waals surface area contributed by atoms with Crippen LogP contribution in [0.4, 0.5) is 5.82 Å². The van der Waals surface area contributed by atoms with Crippen molar-refractivity contribution >= 4 is 33.6 Å². The molecule has 0 unspecified atom stereocenters. The van der Waals surface area contributed by atoms with Gasteiger partial charge in [-0.25, -0.2) is 9.78 Å². The average Bonchev–Trinajstić information content (AvgIpc) is 2.38. The van der Waals surface area contributed by atoms with Crippen molar-refractivity contribution in [1.82, 2.24) is 4.98 Å². The monoisotopic (exact) mass is 334 g/mol. The fraction of sp³-hybridized carbons (Fsp3) is 0.0714. The van der Waals surface area contributed by atoms with E-state index in [4.69, 9.17) is 5.11 Å². The molecule has 0 aliphatic heterocycles. The highest BCUT2D eigenvalue weighted by molar-refractivity contribution is 9.10. The Morgan fingerprint density at radius 2 is 2.00 bits per heavy atom. The molecule has 20 heavy (non-hydrogen) atoms. The minimum atomic E-state index is -1.07. The highest BCUT2D eigenvalue weighted by atomic mass is 79.9. The van der Waals surface area contributed by atoms with Crippen molar-refractivity contribution in [2.24, 2.45) is 0 Å². The Hall–Kier alpha value is -2.21. The van der Waals surface area contributed by atoms with Crippen LogP contribution in [0.3, 0.4) is 0 Å². The van der Waals surface area contributed by atoms with Crippen LogP contribution in [0, 0.1) is 6.92 Å². The number of carboxylic acids is 1. The molecule has 1 amide bonds. The lowest BCUT2D eigenvalue weighted by molar-refractivity contribution is 0.0696. The van der Waals surface area contributed by atoms with Gasteiger partial charge in [0.05, 0.1) is 5.56 Å². The lowest BCUT2D eigenvalue weighted by Gasteiger charge is -2.07. The number of halogens is 1. The van der Waals surface area contributed by atoms with E-state index in [2.05, 4.69) is 26.2 Å². The van der Waals surface area contributed by atoms with E-state index in [9.17, 15) is 9.59 Å². The van der Waals surface area contributed by atoms with E-state index in [0.717, 1.165) is 10.0 Å². The third-order valence-corrected chi connectivity index (χ3v) is 3.17. The number of pyridine rings is 1. The number of aromatic nitrogens is 1. The molecule has 0 aliphatic carbocycles. The van der Waals surface area contributed by atoms with Gasteiger partial charge in [-0.2, -0.15) is 0 Å². The summed E-state index contributed by atoms with van der Waals surface area (Å²) in [5.41, 5.74) is 1.39. The maximum absolute atomic E-state index is 12.1. The molecule has 6 heteroatoms. The molecule has 1 aromatic heterocycles. The van der Waals surface area contributed by atoms with E-state index >= 15 is 0 Å². The van der Waals surface area contributed by atoms with Crippen LogP contribution in [0.2, 0.25) is 0 Å². The van der Waals surface area contributed by atoms with E-state index in [1.165, 1.54) is 18.3 Å². The van der Waals surface area contributed by atoms with Gasteiger partial charge in [0.2, 0.25) is 0 Å². The summed E-state index contributed by atoms with van der Waals surface area (Å²) in [7, 11) is 0. The van der Waals surface area contributed by atoms with Crippen LogP contribution >= 0.6 is 15.9 Å². The Morgan fingerprint density at radius 3 is 2.65 bits per heavy atom. The molecule has 5 nitrogen and oxygen atoms in total. The molecular formula is C14H11BrN2O3. The van der Waals surface area contributed by atoms with Crippen molar-refractivity contribution in [1.29, 1.82) is 0 Å². The van der Waals surface area contributed by atoms with E-state index < -0.39 is 5.97 Å². The molecule has 0 aliphatic rings. The molecule has 0 atom stereocenters. The Kier molecular flexibility index (Phi) is 4.14. The second-order valence-electron chi connectivity index (χ2n) is 4.15. The number of carbonyl (C=O) groups excluding carboxylic acids is 1. The number of rotatable bonds is 3. The molecular weight excluding hydrogens is 324 g/mol. The maximum atomic E-state index is 12.1. The van der Waals surface area contributed by atoms with E-state index in [0.29, 0.717) is 5.56 Å². The maximum Gasteiger partial charge on any atom is 0.335 e. The van der Waals surface area contributed by atoms with Crippen molar-refractivity contribution in [3.8, 4) is 0 Å². The van der Waals surface area contributed by atoms with Crippen molar-refractivity contribution in [3.05, 3.63) is 57.7 Å². The Labute approximate surface area is 123 Å². The smallest absolute Gasteiger partial charge is 0.335 e. The largest absolute Gasteiger partial charge is 0.478 e. The predicted molar refractivity (Wildman–Crippen MR) is 78.0 cm³/mol. The Balaban J connectivity index is 2.23. The first kappa shape index (κ1) is 14.2. The number of hydrogen-bond donors (Lipinski definition) is 2. The van der Waals surface area contributed by atoms with Gasteiger partial charge in [-0.05, 0) is 42.8 Å². The number of hydrogen-bond acceptors (Lipinski definition) is 3. The predicted octanol–water partition coefficient (Wildman–Crippen LogP) is 3.10. The summed E-state index contributed by atoms with van der Waals surface area (Å²) in [5, 5.41) is 11.5. The first-order chi connectivity index (χ1) is 9.47. The number of amides is 1. The Morgan fingerprint density at radius 1 is 1.25 bits per heavy atom. The van der Waals surface area contributed by atoms with Crippen LogP contribution in [-0.4, -0.2) is 22.0 Å². The topological polar surface area (TPSA) is 79.3 Å². The lowest BCUT2D eigenvalue weighted by Crippen LogP contribution is -2.14. The summed E-state index contributed by atoms with van der Waals surface area (Å²) in [6, 6.07) is 7.96. The zero-order valence-electron chi connectivity index (χ0n) is 10.6. The van der Waals surface area contributed by atoms with Gasteiger partial charge in [-0.3, -0.25) is 4.79 Å². The molecule has 1 aromatic carbocycles. The second kappa shape index (κ2) is 5.83. The second-order valence-corrected chi connectivity index (χ2v) is 5.06. The third kappa shape index (κ3) is 3.21. The fourth-order valence-electron chi connectivity index (χ4n) is 1.70. The number of nitrogens with zero attached hydrogens (tertiary/aromatic N) is 1. The van der Waals surface area contributed by atoms with Gasteiger partial charge < -0.3 is 10.4 Å². The van der Waals surface area contributed by atoms with E-state index in [1.54, 1.807) is 12.1 Å². The summed E-state index contributed by atoms with van der Waals surface area (Å²) >= 11 is 3.33. The third-order valence-electron chi connectivity index (χ3n) is 2.68. The number of anilines is 1. The number of carbonyl (C=O) groups is 2. The summed E-state index contributed by atoms with van der Waals surface area (Å²) in [6.07, 6.45) is 1.34. The van der Waals surface area contributed by atoms with Gasteiger partial charge in [0, 0.05) is 16.2 Å². The number of carboxylic acid groups (broad SMARTS) is 1. The molecule has 0 bridgehead atoms. The number of aryl methyl sites for hydroxylation is 1. The number of nitrogens with one attached hydrogen (secondary N) is 1. The van der Waals surface area contributed by atoms with Crippen molar-refractivity contribution in [2.75, 3.05) is 5.32 Å². The molecule has 2 N–H and O–H groups in total. The van der Waals surface area contributed by atoms with E-state index in [1.807, 2.05) is 13.0 Å². The molecule has 0 saturated carbocycles. The van der Waals surface area contributed by atoms with Gasteiger partial charge in [-0.15, -0.1) is 0 Å². The molecule has 0 fully saturated rings. The number of benzene rings is 1. The fourth-order valence-corrected chi connectivity index (χ4v) is 2.17. The zero-order chi connectivity index (χ0) is 14.7. The van der Waals surface area contributed by atoms with Crippen LogP contribution in [0.15, 0.2) is 41.0 Å². The first-order valence-electron chi connectivity index (χ1n) is 5.74. The minimum Gasteiger partial charge on any atom is -0.478 e. The summed E-state index contributed by atoms with van der Waals surface area (Å²) in [4.78, 5) is 26.9. The molecule has 2 rings (SSSR count). The van der Waals surface area contributed by atoms with Crippen LogP contribution < -0.4 is 5.32 Å². The van der Waals surface area contributed by atoms with Crippen molar-refractivity contribution < 1.29 is 14.7 Å². The van der Waals surface area contributed by atoms with Crippen molar-refractivity contribution in [2.45, 2.75) is 6.92 Å². The molecule has 102 valence electrons. The summed E-state index contributed by atoms with van der Waals surface area (Å²) in [6.45, 7) is 1.82. The lowest BCUT2D eigenvalue weighted by atomic mass is 10.1. The van der Waals surface area contributed by atoms with Crippen LogP contribution in [-0.2, 0) is 0 Å². The van der Waals surface area contributed by atoms with Gasteiger partial charge in [0.25, 0.3) is 5.91 Å². The normalized spacial score (nSPS) is 10.1. The first-order valence-corrected chi connectivity index (χ1v) is 6.53. The molecule has 0 spiro atoms. The highest BCUT2D eigenvalue weighted by Crippen LogP contribution is 2.17. The SMILES string of the molecule is Cc1cc(Br)ccc1C(=O)Nc1cc(C(=O)O)ccn1.